The predicted molar refractivity (Wildman–Crippen MR) is 126 cm³/mol. The van der Waals surface area contributed by atoms with Gasteiger partial charge in [0.2, 0.25) is 9.84 Å². The number of pyridine rings is 1. The molecule has 1 aromatic carbocycles. The largest absolute Gasteiger partial charge is 0.381 e. The van der Waals surface area contributed by atoms with Crippen LogP contribution in [-0.2, 0) is 31.3 Å². The van der Waals surface area contributed by atoms with Crippen molar-refractivity contribution in [2.24, 2.45) is 5.92 Å². The highest BCUT2D eigenvalue weighted by atomic mass is 32.2. The molecule has 3 heterocycles. The Bertz CT molecular complexity index is 1340. The molecule has 0 atom stereocenters. The summed E-state index contributed by atoms with van der Waals surface area (Å²) < 4.78 is 35.1. The first kappa shape index (κ1) is 24.2. The second-order valence-electron chi connectivity index (χ2n) is 9.78. The van der Waals surface area contributed by atoms with Crippen LogP contribution in [0.2, 0.25) is 0 Å². The van der Waals surface area contributed by atoms with Crippen molar-refractivity contribution in [3.63, 3.8) is 0 Å². The molecule has 0 aliphatic carbocycles. The molecule has 0 spiro atoms. The number of hydrogen-bond acceptors (Lipinski definition) is 6. The number of benzene rings is 1. The van der Waals surface area contributed by atoms with E-state index in [-0.39, 0.29) is 21.0 Å². The summed E-state index contributed by atoms with van der Waals surface area (Å²) in [4.78, 5) is 16.3. The van der Waals surface area contributed by atoms with E-state index in [0.29, 0.717) is 16.2 Å². The molecule has 1 saturated heterocycles. The summed E-state index contributed by atoms with van der Waals surface area (Å²) in [5, 5.41) is 12.3. The van der Waals surface area contributed by atoms with Crippen LogP contribution in [0.15, 0.2) is 46.3 Å². The molecule has 0 saturated carbocycles. The normalized spacial score (nSPS) is 15.5. The number of ether oxygens (including phenoxy) is 1. The Morgan fingerprint density at radius 2 is 1.88 bits per heavy atom. The van der Waals surface area contributed by atoms with Crippen LogP contribution in [0.5, 0.6) is 0 Å². The van der Waals surface area contributed by atoms with Gasteiger partial charge < -0.3 is 14.5 Å². The van der Waals surface area contributed by atoms with E-state index < -0.39 is 15.7 Å². The summed E-state index contributed by atoms with van der Waals surface area (Å²) in [5.41, 5.74) is 1.30. The predicted octanol–water partition coefficient (Wildman–Crippen LogP) is 3.08. The van der Waals surface area contributed by atoms with Crippen LogP contribution in [0.4, 0.5) is 5.82 Å². The molecule has 10 heteroatoms. The van der Waals surface area contributed by atoms with Crippen LogP contribution >= 0.6 is 0 Å². The number of nitrogens with one attached hydrogen (secondary N) is 1. The van der Waals surface area contributed by atoms with Gasteiger partial charge in [-0.2, -0.15) is 0 Å². The fraction of sp³-hybridized carbons (Fsp3) is 0.458. The van der Waals surface area contributed by atoms with Crippen molar-refractivity contribution < 1.29 is 27.9 Å². The molecule has 3 aromatic rings. The molecule has 9 nitrogen and oxygen atoms in total. The van der Waals surface area contributed by atoms with Gasteiger partial charge in [-0.15, -0.1) is 0 Å². The van der Waals surface area contributed by atoms with Gasteiger partial charge in [0.1, 0.15) is 12.0 Å². The standard InChI is InChI=1S/C24H30N4O5S/c1-16(29)25-22-14-19(7-10-28(22)30)34(31,32)18-5-6-21-20(13-18)26-23(24(2,3)4)27(21)15-17-8-11-33-12-9-17/h5-7,10,13-14,17,30H,8-9,11-12,15H2,1-4H3/p+1. The van der Waals surface area contributed by atoms with Crippen LogP contribution in [0, 0.1) is 5.92 Å². The zero-order valence-electron chi connectivity index (χ0n) is 19.9. The maximum absolute atomic E-state index is 13.4. The number of rotatable bonds is 5. The Morgan fingerprint density at radius 1 is 1.21 bits per heavy atom. The zero-order valence-corrected chi connectivity index (χ0v) is 20.7. The van der Waals surface area contributed by atoms with Crippen molar-refractivity contribution in [3.05, 3.63) is 42.4 Å². The number of hydrogen-bond donors (Lipinski definition) is 2. The third kappa shape index (κ3) is 4.78. The Labute approximate surface area is 199 Å². The maximum atomic E-state index is 13.4. The molecule has 0 unspecified atom stereocenters. The van der Waals surface area contributed by atoms with Gasteiger partial charge in [-0.1, -0.05) is 25.5 Å². The molecule has 1 aliphatic heterocycles. The van der Waals surface area contributed by atoms with Gasteiger partial charge in [-0.3, -0.25) is 0 Å². The lowest BCUT2D eigenvalue weighted by molar-refractivity contribution is -0.893. The van der Waals surface area contributed by atoms with Gasteiger partial charge in [-0.25, -0.2) is 23.5 Å². The topological polar surface area (TPSA) is 114 Å². The van der Waals surface area contributed by atoms with Crippen LogP contribution < -0.4 is 10.0 Å². The highest BCUT2D eigenvalue weighted by Crippen LogP contribution is 2.31. The summed E-state index contributed by atoms with van der Waals surface area (Å²) in [7, 11) is -3.91. The lowest BCUT2D eigenvalue weighted by Gasteiger charge is -2.26. The van der Waals surface area contributed by atoms with Crippen molar-refractivity contribution in [2.75, 3.05) is 18.5 Å². The van der Waals surface area contributed by atoms with Gasteiger partial charge in [0, 0.05) is 38.2 Å². The molecule has 4 rings (SSSR count). The molecule has 34 heavy (non-hydrogen) atoms. The number of nitrogens with zero attached hydrogens (tertiary/aromatic N) is 3. The van der Waals surface area contributed by atoms with Crippen LogP contribution in [-0.4, -0.2) is 42.3 Å². The minimum Gasteiger partial charge on any atom is -0.381 e. The fourth-order valence-electron chi connectivity index (χ4n) is 4.27. The number of sulfone groups is 1. The lowest BCUT2D eigenvalue weighted by Crippen LogP contribution is -2.35. The minimum absolute atomic E-state index is 0.0367. The van der Waals surface area contributed by atoms with Crippen molar-refractivity contribution in [3.8, 4) is 0 Å². The SMILES string of the molecule is CC(=O)Nc1cc(S(=O)(=O)c2ccc3c(c2)nc(C(C)(C)C)n3CC2CCOCC2)cc[n+]1O. The number of carbonyl (C=O) groups is 1. The van der Waals surface area contributed by atoms with Crippen molar-refractivity contribution >= 4 is 32.6 Å². The first-order chi connectivity index (χ1) is 16.0. The molecule has 0 bridgehead atoms. The van der Waals surface area contributed by atoms with E-state index in [0.717, 1.165) is 43.9 Å². The van der Waals surface area contributed by atoms with Crippen molar-refractivity contribution in [1.29, 1.82) is 0 Å². The van der Waals surface area contributed by atoms with E-state index >= 15 is 0 Å². The van der Waals surface area contributed by atoms with Gasteiger partial charge in [-0.05, 0) is 37.0 Å². The molecule has 1 aliphatic rings. The van der Waals surface area contributed by atoms with E-state index in [2.05, 4.69) is 30.7 Å². The molecule has 1 fully saturated rings. The van der Waals surface area contributed by atoms with Crippen molar-refractivity contribution in [2.45, 2.75) is 62.3 Å². The molecular weight excluding hydrogens is 456 g/mol. The number of anilines is 1. The highest BCUT2D eigenvalue weighted by Gasteiger charge is 2.28. The van der Waals surface area contributed by atoms with Crippen LogP contribution in [0.25, 0.3) is 11.0 Å². The smallest absolute Gasteiger partial charge is 0.322 e. The summed E-state index contributed by atoms with van der Waals surface area (Å²) in [6.45, 7) is 9.91. The average molecular weight is 488 g/mol. The first-order valence-electron chi connectivity index (χ1n) is 11.3. The highest BCUT2D eigenvalue weighted by molar-refractivity contribution is 7.91. The van der Waals surface area contributed by atoms with Gasteiger partial charge in [0.15, 0.2) is 0 Å². The van der Waals surface area contributed by atoms with E-state index in [1.807, 2.05) is 6.07 Å². The Balaban J connectivity index is 1.77. The molecule has 182 valence electrons. The zero-order chi connectivity index (χ0) is 24.7. The second-order valence-corrected chi connectivity index (χ2v) is 11.7. The molecule has 2 aromatic heterocycles. The second kappa shape index (κ2) is 8.99. The van der Waals surface area contributed by atoms with E-state index in [4.69, 9.17) is 9.72 Å². The third-order valence-corrected chi connectivity index (χ3v) is 7.75. The quantitative estimate of drug-likeness (QED) is 0.422. The summed E-state index contributed by atoms with van der Waals surface area (Å²) in [6, 6.07) is 7.51. The first-order valence-corrected chi connectivity index (χ1v) is 12.8. The van der Waals surface area contributed by atoms with Crippen LogP contribution in [0.1, 0.15) is 46.4 Å². The number of amides is 1. The Hall–Kier alpha value is -2.98. The monoisotopic (exact) mass is 487 g/mol. The maximum Gasteiger partial charge on any atom is 0.322 e. The summed E-state index contributed by atoms with van der Waals surface area (Å²) >= 11 is 0. The number of carbonyl (C=O) groups excluding carboxylic acids is 1. The fourth-order valence-corrected chi connectivity index (χ4v) is 5.56. The average Bonchev–Trinajstić information content (AvgIpc) is 3.14. The van der Waals surface area contributed by atoms with E-state index in [1.165, 1.54) is 25.3 Å². The van der Waals surface area contributed by atoms with Gasteiger partial charge in [0.25, 0.3) is 0 Å². The molecular formula is C24H31N4O5S+. The summed E-state index contributed by atoms with van der Waals surface area (Å²) in [6.07, 6.45) is 3.16. The minimum atomic E-state index is -3.91. The molecule has 0 radical (unpaired) electrons. The van der Waals surface area contributed by atoms with Crippen LogP contribution in [0.3, 0.4) is 0 Å². The Morgan fingerprint density at radius 3 is 2.53 bits per heavy atom. The third-order valence-electron chi connectivity index (χ3n) is 6.00. The number of fused-ring (bicyclic) bond motifs is 1. The Kier molecular flexibility index (Phi) is 6.39. The van der Waals surface area contributed by atoms with Gasteiger partial charge in [0.05, 0.1) is 26.9 Å². The lowest BCUT2D eigenvalue weighted by atomic mass is 9.94. The van der Waals surface area contributed by atoms with E-state index in [1.54, 1.807) is 12.1 Å². The van der Waals surface area contributed by atoms with E-state index in [9.17, 15) is 18.4 Å². The number of imidazole rings is 1. The number of aromatic nitrogens is 3. The molecule has 1 amide bonds. The van der Waals surface area contributed by atoms with Crippen molar-refractivity contribution in [1.82, 2.24) is 9.55 Å². The summed E-state index contributed by atoms with van der Waals surface area (Å²) in [5.74, 6) is 0.934. The van der Waals surface area contributed by atoms with Gasteiger partial charge >= 0.3 is 11.7 Å². The molecule has 2 N–H and O–H groups in total.